The molecule has 2 aromatic carbocycles. The van der Waals surface area contributed by atoms with Gasteiger partial charge in [0, 0.05) is 5.56 Å². The van der Waals surface area contributed by atoms with Crippen LogP contribution in [0, 0.1) is 23.7 Å². The fourth-order valence-electron chi connectivity index (χ4n) is 4.98. The predicted molar refractivity (Wildman–Crippen MR) is 107 cm³/mol. The van der Waals surface area contributed by atoms with Crippen LogP contribution in [-0.4, -0.2) is 29.6 Å². The standard InChI is InChI=1S/C23H22N2O3/c1-2-28-19-12-11-14-5-3-4-6-17(14)18(19)13-24-25-22(26)20-15-7-8-16(10-9-15)21(20)23(25)27/h3-8,11-13,15-16,20-21H,2,9-10H2,1H3/b24-13-/t15-,16-,20+,21+/m0/s1. The van der Waals surface area contributed by atoms with Crippen molar-refractivity contribution in [3.05, 3.63) is 54.1 Å². The molecule has 6 rings (SSSR count). The maximum absolute atomic E-state index is 13.0. The van der Waals surface area contributed by atoms with E-state index >= 15 is 0 Å². The number of benzene rings is 2. The lowest BCUT2D eigenvalue weighted by molar-refractivity contribution is -0.140. The largest absolute Gasteiger partial charge is 0.493 e. The van der Waals surface area contributed by atoms with Gasteiger partial charge in [0.1, 0.15) is 5.75 Å². The summed E-state index contributed by atoms with van der Waals surface area (Å²) in [5.41, 5.74) is 0.788. The van der Waals surface area contributed by atoms with Crippen molar-refractivity contribution in [1.29, 1.82) is 0 Å². The van der Waals surface area contributed by atoms with Gasteiger partial charge in [0.25, 0.3) is 11.8 Å². The highest BCUT2D eigenvalue weighted by Crippen LogP contribution is 2.49. The minimum atomic E-state index is -0.243. The van der Waals surface area contributed by atoms with E-state index in [1.807, 2.05) is 43.3 Å². The van der Waals surface area contributed by atoms with Crippen molar-refractivity contribution in [2.45, 2.75) is 19.8 Å². The molecule has 1 saturated heterocycles. The van der Waals surface area contributed by atoms with Crippen LogP contribution < -0.4 is 4.74 Å². The minimum absolute atomic E-state index is 0.163. The second kappa shape index (κ2) is 6.59. The molecule has 3 aliphatic carbocycles. The van der Waals surface area contributed by atoms with Gasteiger partial charge in [-0.1, -0.05) is 42.5 Å². The average Bonchev–Trinajstić information content (AvgIpc) is 3.00. The highest BCUT2D eigenvalue weighted by atomic mass is 16.5. The first kappa shape index (κ1) is 17.2. The van der Waals surface area contributed by atoms with Gasteiger partial charge >= 0.3 is 0 Å². The van der Waals surface area contributed by atoms with E-state index in [1.54, 1.807) is 6.21 Å². The van der Waals surface area contributed by atoms with Gasteiger partial charge in [0.15, 0.2) is 0 Å². The van der Waals surface area contributed by atoms with Crippen molar-refractivity contribution < 1.29 is 14.3 Å². The van der Waals surface area contributed by atoms with Gasteiger partial charge < -0.3 is 4.74 Å². The lowest BCUT2D eigenvalue weighted by Gasteiger charge is -2.37. The van der Waals surface area contributed by atoms with Crippen LogP contribution in [0.15, 0.2) is 53.7 Å². The Morgan fingerprint density at radius 3 is 2.36 bits per heavy atom. The lowest BCUT2D eigenvalue weighted by atomic mass is 9.63. The summed E-state index contributed by atoms with van der Waals surface area (Å²) in [5, 5.41) is 7.51. The fraction of sp³-hybridized carbons (Fsp3) is 0.348. The molecule has 0 aromatic heterocycles. The van der Waals surface area contributed by atoms with Crippen LogP contribution in [0.4, 0.5) is 0 Å². The summed E-state index contributed by atoms with van der Waals surface area (Å²) in [6, 6.07) is 11.9. The Morgan fingerprint density at radius 2 is 1.71 bits per heavy atom. The molecule has 4 atom stereocenters. The first-order valence-electron chi connectivity index (χ1n) is 9.93. The van der Waals surface area contributed by atoms with Gasteiger partial charge in [0.05, 0.1) is 24.7 Å². The smallest absolute Gasteiger partial charge is 0.254 e. The fourth-order valence-corrected chi connectivity index (χ4v) is 4.98. The van der Waals surface area contributed by atoms with Gasteiger partial charge in [0.2, 0.25) is 0 Å². The molecule has 2 amide bonds. The van der Waals surface area contributed by atoms with Crippen LogP contribution in [0.25, 0.3) is 10.8 Å². The number of nitrogens with zero attached hydrogens (tertiary/aromatic N) is 2. The summed E-state index contributed by atoms with van der Waals surface area (Å²) < 4.78 is 5.76. The number of allylic oxidation sites excluding steroid dienone is 2. The summed E-state index contributed by atoms with van der Waals surface area (Å²) in [5.74, 6) is 0.223. The average molecular weight is 374 g/mol. The molecule has 4 aliphatic rings. The number of rotatable bonds is 4. The number of hydrogen-bond donors (Lipinski definition) is 0. The highest BCUT2D eigenvalue weighted by Gasteiger charge is 2.56. The summed E-state index contributed by atoms with van der Waals surface area (Å²) in [6.45, 7) is 2.46. The number of carbonyl (C=O) groups excluding carboxylic acids is 2. The zero-order valence-electron chi connectivity index (χ0n) is 15.7. The van der Waals surface area contributed by atoms with Gasteiger partial charge in [-0.2, -0.15) is 10.1 Å². The molecular weight excluding hydrogens is 352 g/mol. The second-order valence-corrected chi connectivity index (χ2v) is 7.71. The van der Waals surface area contributed by atoms with E-state index in [0.717, 1.165) is 34.2 Å². The van der Waals surface area contributed by atoms with Crippen molar-refractivity contribution in [3.63, 3.8) is 0 Å². The molecule has 0 unspecified atom stereocenters. The molecule has 2 fully saturated rings. The maximum atomic E-state index is 13.0. The molecule has 5 nitrogen and oxygen atoms in total. The third-order valence-electron chi connectivity index (χ3n) is 6.27. The topological polar surface area (TPSA) is 59.0 Å². The third kappa shape index (κ3) is 2.49. The molecule has 0 spiro atoms. The van der Waals surface area contributed by atoms with Crippen LogP contribution in [0.2, 0.25) is 0 Å². The van der Waals surface area contributed by atoms with Gasteiger partial charge in [-0.25, -0.2) is 0 Å². The van der Waals surface area contributed by atoms with Gasteiger partial charge in [-0.15, -0.1) is 0 Å². The van der Waals surface area contributed by atoms with E-state index in [1.165, 1.54) is 0 Å². The SMILES string of the molecule is CCOc1ccc2ccccc2c1/C=N\N1C(=O)[C@H]2[C@H](C1=O)[C@H]1C=C[C@H]2CC1. The van der Waals surface area contributed by atoms with Crippen molar-refractivity contribution >= 4 is 28.8 Å². The number of amides is 2. The summed E-state index contributed by atoms with van der Waals surface area (Å²) >= 11 is 0. The van der Waals surface area contributed by atoms with Crippen LogP contribution >= 0.6 is 0 Å². The Hall–Kier alpha value is -2.95. The zero-order chi connectivity index (χ0) is 19.3. The Balaban J connectivity index is 1.52. The van der Waals surface area contributed by atoms with Crippen LogP contribution in [0.5, 0.6) is 5.75 Å². The molecule has 28 heavy (non-hydrogen) atoms. The van der Waals surface area contributed by atoms with Gasteiger partial charge in [-0.05, 0) is 48.4 Å². The van der Waals surface area contributed by atoms with Gasteiger partial charge in [-0.3, -0.25) is 9.59 Å². The third-order valence-corrected chi connectivity index (χ3v) is 6.27. The molecule has 1 saturated carbocycles. The molecule has 1 aliphatic heterocycles. The number of hydrazone groups is 1. The highest BCUT2D eigenvalue weighted by molar-refractivity contribution is 6.08. The molecule has 1 heterocycles. The molecular formula is C23H22N2O3. The van der Waals surface area contributed by atoms with E-state index in [4.69, 9.17) is 4.74 Å². The number of imide groups is 1. The quantitative estimate of drug-likeness (QED) is 0.465. The maximum Gasteiger partial charge on any atom is 0.254 e. The Kier molecular flexibility index (Phi) is 4.04. The van der Waals surface area contributed by atoms with E-state index in [9.17, 15) is 9.59 Å². The summed E-state index contributed by atoms with van der Waals surface area (Å²) in [4.78, 5) is 25.9. The van der Waals surface area contributed by atoms with Crippen LogP contribution in [0.3, 0.4) is 0 Å². The Labute approximate surface area is 163 Å². The van der Waals surface area contributed by atoms with E-state index < -0.39 is 0 Å². The molecule has 0 radical (unpaired) electrons. The first-order valence-corrected chi connectivity index (χ1v) is 9.93. The second-order valence-electron chi connectivity index (χ2n) is 7.71. The normalized spacial score (nSPS) is 28.5. The molecule has 0 N–H and O–H groups in total. The molecule has 142 valence electrons. The number of carbonyl (C=O) groups is 2. The monoisotopic (exact) mass is 374 g/mol. The molecule has 2 bridgehead atoms. The first-order chi connectivity index (χ1) is 13.7. The Morgan fingerprint density at radius 1 is 1.04 bits per heavy atom. The molecule has 2 aromatic rings. The van der Waals surface area contributed by atoms with E-state index in [-0.39, 0.29) is 35.5 Å². The summed E-state index contributed by atoms with van der Waals surface area (Å²) in [7, 11) is 0. The van der Waals surface area contributed by atoms with Crippen molar-refractivity contribution in [1.82, 2.24) is 5.01 Å². The number of fused-ring (bicyclic) bond motifs is 2. The Bertz CT molecular complexity index is 994. The van der Waals surface area contributed by atoms with Crippen molar-refractivity contribution in [3.8, 4) is 5.75 Å². The van der Waals surface area contributed by atoms with Crippen molar-refractivity contribution in [2.75, 3.05) is 6.61 Å². The minimum Gasteiger partial charge on any atom is -0.493 e. The summed E-state index contributed by atoms with van der Waals surface area (Å²) in [6.07, 6.45) is 7.81. The van der Waals surface area contributed by atoms with Crippen molar-refractivity contribution in [2.24, 2.45) is 28.8 Å². The van der Waals surface area contributed by atoms with Crippen LogP contribution in [-0.2, 0) is 9.59 Å². The zero-order valence-corrected chi connectivity index (χ0v) is 15.7. The molecule has 5 heteroatoms. The predicted octanol–water partition coefficient (Wildman–Crippen LogP) is 3.77. The van der Waals surface area contributed by atoms with E-state index in [0.29, 0.717) is 12.4 Å². The van der Waals surface area contributed by atoms with E-state index in [2.05, 4.69) is 17.3 Å². The number of ether oxygens (including phenoxy) is 1. The van der Waals surface area contributed by atoms with Crippen LogP contribution in [0.1, 0.15) is 25.3 Å². The lowest BCUT2D eigenvalue weighted by Crippen LogP contribution is -2.38. The number of hydrogen-bond acceptors (Lipinski definition) is 4.